The van der Waals surface area contributed by atoms with Crippen molar-refractivity contribution in [2.24, 2.45) is 0 Å². The van der Waals surface area contributed by atoms with Gasteiger partial charge in [0.15, 0.2) is 0 Å². The van der Waals surface area contributed by atoms with E-state index in [1.165, 1.54) is 6.07 Å². The Kier molecular flexibility index (Phi) is 5.71. The normalized spacial score (nSPS) is 12.4. The minimum atomic E-state index is -0.209. The molecule has 112 valence electrons. The van der Waals surface area contributed by atoms with Crippen molar-refractivity contribution >= 4 is 11.6 Å². The first kappa shape index (κ1) is 15.9. The molecule has 2 aromatic rings. The highest BCUT2D eigenvalue weighted by atomic mass is 35.5. The smallest absolute Gasteiger partial charge is 0.123 e. The Hall–Kier alpha value is -1.45. The Balaban J connectivity index is 2.30. The van der Waals surface area contributed by atoms with Gasteiger partial charge < -0.3 is 5.32 Å². The van der Waals surface area contributed by atoms with Crippen LogP contribution in [0.4, 0.5) is 4.39 Å². The molecule has 1 heterocycles. The molecule has 0 saturated carbocycles. The number of pyridine rings is 1. The minimum absolute atomic E-state index is 0.0422. The van der Waals surface area contributed by atoms with Gasteiger partial charge in [0.05, 0.1) is 5.02 Å². The van der Waals surface area contributed by atoms with Gasteiger partial charge in [0.1, 0.15) is 5.82 Å². The van der Waals surface area contributed by atoms with Crippen molar-refractivity contribution in [1.29, 1.82) is 0 Å². The number of aryl methyl sites for hydroxylation is 1. The first-order chi connectivity index (χ1) is 10.1. The van der Waals surface area contributed by atoms with Crippen LogP contribution in [0.2, 0.25) is 5.02 Å². The summed E-state index contributed by atoms with van der Waals surface area (Å²) in [6, 6.07) is 6.88. The number of rotatable bonds is 6. The van der Waals surface area contributed by atoms with Crippen molar-refractivity contribution in [2.45, 2.75) is 32.7 Å². The lowest BCUT2D eigenvalue weighted by Gasteiger charge is -2.21. The first-order valence-electron chi connectivity index (χ1n) is 7.19. The highest BCUT2D eigenvalue weighted by Gasteiger charge is 2.16. The van der Waals surface area contributed by atoms with Gasteiger partial charge in [0, 0.05) is 18.4 Å². The van der Waals surface area contributed by atoms with Gasteiger partial charge in [-0.15, -0.1) is 0 Å². The monoisotopic (exact) mass is 306 g/mol. The molecular weight excluding hydrogens is 287 g/mol. The van der Waals surface area contributed by atoms with Crippen LogP contribution in [0.1, 0.15) is 36.1 Å². The Labute approximate surface area is 130 Å². The molecule has 0 saturated heterocycles. The van der Waals surface area contributed by atoms with Crippen molar-refractivity contribution in [3.8, 4) is 0 Å². The van der Waals surface area contributed by atoms with Crippen LogP contribution in [0, 0.1) is 12.7 Å². The van der Waals surface area contributed by atoms with Crippen LogP contribution < -0.4 is 5.32 Å². The molecule has 0 fully saturated rings. The molecule has 4 heteroatoms. The van der Waals surface area contributed by atoms with Gasteiger partial charge in [0.2, 0.25) is 0 Å². The van der Waals surface area contributed by atoms with E-state index >= 15 is 0 Å². The molecule has 0 aliphatic rings. The summed E-state index contributed by atoms with van der Waals surface area (Å²) in [5.74, 6) is -0.209. The fourth-order valence-electron chi connectivity index (χ4n) is 2.39. The van der Waals surface area contributed by atoms with Crippen LogP contribution in [-0.2, 0) is 6.42 Å². The predicted octanol–water partition coefficient (Wildman–Crippen LogP) is 4.47. The molecule has 1 aromatic heterocycles. The average Bonchev–Trinajstić information content (AvgIpc) is 2.48. The number of nitrogens with zero attached hydrogens (tertiary/aromatic N) is 1. The molecule has 1 unspecified atom stereocenters. The van der Waals surface area contributed by atoms with E-state index in [1.54, 1.807) is 18.5 Å². The highest BCUT2D eigenvalue weighted by molar-refractivity contribution is 6.31. The third kappa shape index (κ3) is 4.26. The lowest BCUT2D eigenvalue weighted by molar-refractivity contribution is 0.522. The second kappa shape index (κ2) is 7.53. The van der Waals surface area contributed by atoms with Crippen molar-refractivity contribution < 1.29 is 4.39 Å². The van der Waals surface area contributed by atoms with Gasteiger partial charge in [-0.3, -0.25) is 4.98 Å². The molecule has 0 radical (unpaired) electrons. The van der Waals surface area contributed by atoms with E-state index < -0.39 is 0 Å². The van der Waals surface area contributed by atoms with E-state index in [0.717, 1.165) is 29.7 Å². The van der Waals surface area contributed by atoms with Gasteiger partial charge >= 0.3 is 0 Å². The van der Waals surface area contributed by atoms with E-state index in [2.05, 4.69) is 17.2 Å². The first-order valence-corrected chi connectivity index (χ1v) is 7.57. The van der Waals surface area contributed by atoms with E-state index in [0.29, 0.717) is 11.4 Å². The number of benzene rings is 1. The highest BCUT2D eigenvalue weighted by Crippen LogP contribution is 2.25. The number of hydrogen-bond acceptors (Lipinski definition) is 2. The van der Waals surface area contributed by atoms with E-state index in [1.807, 2.05) is 19.1 Å². The summed E-state index contributed by atoms with van der Waals surface area (Å²) in [6.45, 7) is 4.99. The SMILES string of the molecule is CCCNC(Cc1ccncc1Cl)c1cc(F)ccc1C. The topological polar surface area (TPSA) is 24.9 Å². The molecule has 2 rings (SSSR count). The van der Waals surface area contributed by atoms with Crippen LogP contribution in [-0.4, -0.2) is 11.5 Å². The largest absolute Gasteiger partial charge is 0.310 e. The quantitative estimate of drug-likeness (QED) is 0.852. The van der Waals surface area contributed by atoms with Gasteiger partial charge in [-0.05, 0) is 61.2 Å². The summed E-state index contributed by atoms with van der Waals surface area (Å²) in [5, 5.41) is 4.13. The average molecular weight is 307 g/mol. The van der Waals surface area contributed by atoms with Gasteiger partial charge in [-0.1, -0.05) is 24.6 Å². The number of aromatic nitrogens is 1. The maximum atomic E-state index is 13.6. The molecular formula is C17H20ClFN2. The predicted molar refractivity (Wildman–Crippen MR) is 85.1 cm³/mol. The zero-order valence-corrected chi connectivity index (χ0v) is 13.1. The molecule has 2 nitrogen and oxygen atoms in total. The summed E-state index contributed by atoms with van der Waals surface area (Å²) >= 11 is 6.20. The Bertz CT molecular complexity index is 601. The second-order valence-electron chi connectivity index (χ2n) is 5.18. The standard InChI is InChI=1S/C17H20ClFN2/c1-3-7-21-17(9-13-6-8-20-11-16(13)18)15-10-14(19)5-4-12(15)2/h4-6,8,10-11,17,21H,3,7,9H2,1-2H3. The van der Waals surface area contributed by atoms with Gasteiger partial charge in [0.25, 0.3) is 0 Å². The molecule has 1 aromatic carbocycles. The van der Waals surface area contributed by atoms with Crippen molar-refractivity contribution in [3.05, 3.63) is 64.2 Å². The fourth-order valence-corrected chi connectivity index (χ4v) is 2.58. The van der Waals surface area contributed by atoms with Gasteiger partial charge in [-0.2, -0.15) is 0 Å². The molecule has 0 amide bonds. The van der Waals surface area contributed by atoms with Crippen molar-refractivity contribution in [3.63, 3.8) is 0 Å². The number of nitrogens with one attached hydrogen (secondary N) is 1. The maximum Gasteiger partial charge on any atom is 0.123 e. The van der Waals surface area contributed by atoms with Crippen LogP contribution >= 0.6 is 11.6 Å². The van der Waals surface area contributed by atoms with Crippen molar-refractivity contribution in [1.82, 2.24) is 10.3 Å². The summed E-state index contributed by atoms with van der Waals surface area (Å²) < 4.78 is 13.6. The summed E-state index contributed by atoms with van der Waals surface area (Å²) in [4.78, 5) is 4.01. The minimum Gasteiger partial charge on any atom is -0.310 e. The molecule has 1 N–H and O–H groups in total. The third-order valence-electron chi connectivity index (χ3n) is 3.54. The van der Waals surface area contributed by atoms with Gasteiger partial charge in [-0.25, -0.2) is 4.39 Å². The molecule has 0 spiro atoms. The molecule has 1 atom stereocenters. The number of hydrogen-bond donors (Lipinski definition) is 1. The van der Waals surface area contributed by atoms with Crippen LogP contribution in [0.5, 0.6) is 0 Å². The zero-order valence-electron chi connectivity index (χ0n) is 12.4. The van der Waals surface area contributed by atoms with E-state index in [4.69, 9.17) is 11.6 Å². The molecule has 21 heavy (non-hydrogen) atoms. The van der Waals surface area contributed by atoms with E-state index in [9.17, 15) is 4.39 Å². The second-order valence-corrected chi connectivity index (χ2v) is 5.59. The Morgan fingerprint density at radius 2 is 2.14 bits per heavy atom. The lowest BCUT2D eigenvalue weighted by atomic mass is 9.95. The summed E-state index contributed by atoms with van der Waals surface area (Å²) in [7, 11) is 0. The zero-order chi connectivity index (χ0) is 15.2. The third-order valence-corrected chi connectivity index (χ3v) is 3.88. The Morgan fingerprint density at radius 3 is 2.86 bits per heavy atom. The van der Waals surface area contributed by atoms with E-state index in [-0.39, 0.29) is 11.9 Å². The summed E-state index contributed by atoms with van der Waals surface area (Å²) in [6.07, 6.45) is 5.11. The molecule has 0 aliphatic carbocycles. The lowest BCUT2D eigenvalue weighted by Crippen LogP contribution is -2.25. The maximum absolute atomic E-state index is 13.6. The van der Waals surface area contributed by atoms with Crippen molar-refractivity contribution in [2.75, 3.05) is 6.54 Å². The molecule has 0 aliphatic heterocycles. The summed E-state index contributed by atoms with van der Waals surface area (Å²) in [5.41, 5.74) is 3.08. The molecule has 0 bridgehead atoms. The van der Waals surface area contributed by atoms with Crippen LogP contribution in [0.25, 0.3) is 0 Å². The fraction of sp³-hybridized carbons (Fsp3) is 0.353. The Morgan fingerprint density at radius 1 is 1.33 bits per heavy atom. The van der Waals surface area contributed by atoms with Crippen LogP contribution in [0.3, 0.4) is 0 Å². The van der Waals surface area contributed by atoms with Crippen LogP contribution in [0.15, 0.2) is 36.7 Å². The number of halogens is 2.